The molecule has 0 heterocycles. The van der Waals surface area contributed by atoms with Gasteiger partial charge >= 0.3 is 16.3 Å². The van der Waals surface area contributed by atoms with Crippen LogP contribution < -0.4 is 10.5 Å². The average molecular weight is 307 g/mol. The first kappa shape index (κ1) is 17.2. The van der Waals surface area contributed by atoms with Gasteiger partial charge in [-0.25, -0.2) is 9.52 Å². The smallest absolute Gasteiger partial charge is 0.421 e. The highest BCUT2D eigenvalue weighted by Crippen LogP contribution is 2.34. The summed E-state index contributed by atoms with van der Waals surface area (Å²) in [4.78, 5) is 11.2. The predicted octanol–water partition coefficient (Wildman–Crippen LogP) is 0.961. The minimum atomic E-state index is -3.94. The lowest BCUT2D eigenvalue weighted by atomic mass is 9.81. The van der Waals surface area contributed by atoms with Crippen LogP contribution in [0.5, 0.6) is 0 Å². The van der Waals surface area contributed by atoms with Crippen LogP contribution in [0.4, 0.5) is 4.79 Å². The highest BCUT2D eigenvalue weighted by atomic mass is 32.2. The molecule has 118 valence electrons. The van der Waals surface area contributed by atoms with Gasteiger partial charge in [-0.2, -0.15) is 12.7 Å². The Morgan fingerprint density at radius 1 is 1.35 bits per heavy atom. The molecule has 0 spiro atoms. The van der Waals surface area contributed by atoms with Crippen molar-refractivity contribution in [2.75, 3.05) is 20.2 Å². The van der Waals surface area contributed by atoms with Crippen LogP contribution >= 0.6 is 0 Å². The van der Waals surface area contributed by atoms with Crippen LogP contribution in [0, 0.1) is 0 Å². The summed E-state index contributed by atoms with van der Waals surface area (Å²) < 4.78 is 32.5. The van der Waals surface area contributed by atoms with E-state index in [9.17, 15) is 13.2 Å². The van der Waals surface area contributed by atoms with E-state index in [-0.39, 0.29) is 6.54 Å². The van der Waals surface area contributed by atoms with Crippen LogP contribution in [0.1, 0.15) is 45.4 Å². The molecule has 20 heavy (non-hydrogen) atoms. The zero-order chi connectivity index (χ0) is 15.2. The molecule has 0 unspecified atom stereocenters. The van der Waals surface area contributed by atoms with Gasteiger partial charge in [0.2, 0.25) is 0 Å². The molecule has 1 rings (SSSR count). The lowest BCUT2D eigenvalue weighted by Gasteiger charge is -2.44. The second kappa shape index (κ2) is 7.24. The maximum atomic E-state index is 12.4. The second-order valence-electron chi connectivity index (χ2n) is 5.16. The summed E-state index contributed by atoms with van der Waals surface area (Å²) in [6.07, 6.45) is 4.12. The van der Waals surface area contributed by atoms with Gasteiger partial charge in [0.05, 0.1) is 7.11 Å². The first-order valence-corrected chi connectivity index (χ1v) is 8.44. The van der Waals surface area contributed by atoms with Crippen molar-refractivity contribution in [3.8, 4) is 0 Å². The minimum absolute atomic E-state index is 0.259. The second-order valence-corrected chi connectivity index (χ2v) is 6.75. The van der Waals surface area contributed by atoms with Crippen LogP contribution in [0.15, 0.2) is 0 Å². The molecule has 1 fully saturated rings. The molecule has 0 radical (unpaired) electrons. The average Bonchev–Trinajstić information content (AvgIpc) is 2.44. The van der Waals surface area contributed by atoms with Crippen molar-refractivity contribution in [1.82, 2.24) is 9.03 Å². The van der Waals surface area contributed by atoms with Crippen molar-refractivity contribution in [3.63, 3.8) is 0 Å². The van der Waals surface area contributed by atoms with Gasteiger partial charge in [0.15, 0.2) is 0 Å². The Bertz CT molecular complexity index is 418. The van der Waals surface area contributed by atoms with Gasteiger partial charge in [0.1, 0.15) is 0 Å². The number of carbonyl (C=O) groups is 1. The maximum absolute atomic E-state index is 12.4. The van der Waals surface area contributed by atoms with Crippen molar-refractivity contribution in [2.45, 2.75) is 51.0 Å². The molecular formula is C12H25N3O4S. The summed E-state index contributed by atoms with van der Waals surface area (Å²) in [6.45, 7) is 2.49. The van der Waals surface area contributed by atoms with Gasteiger partial charge in [0.25, 0.3) is 0 Å². The van der Waals surface area contributed by atoms with E-state index >= 15 is 0 Å². The predicted molar refractivity (Wildman–Crippen MR) is 76.3 cm³/mol. The highest BCUT2D eigenvalue weighted by molar-refractivity contribution is 7.87. The Labute approximate surface area is 121 Å². The highest BCUT2D eigenvalue weighted by Gasteiger charge is 2.43. The zero-order valence-electron chi connectivity index (χ0n) is 12.2. The van der Waals surface area contributed by atoms with Crippen LogP contribution in [-0.4, -0.2) is 44.6 Å². The first-order chi connectivity index (χ1) is 9.41. The van der Waals surface area contributed by atoms with Gasteiger partial charge < -0.3 is 10.5 Å². The van der Waals surface area contributed by atoms with Gasteiger partial charge in [-0.15, -0.1) is 0 Å². The van der Waals surface area contributed by atoms with Gasteiger partial charge in [-0.3, -0.25) is 0 Å². The van der Waals surface area contributed by atoms with Crippen LogP contribution in [0.3, 0.4) is 0 Å². The van der Waals surface area contributed by atoms with E-state index in [4.69, 9.17) is 5.73 Å². The molecule has 1 saturated carbocycles. The fraction of sp³-hybridized carbons (Fsp3) is 0.917. The third kappa shape index (κ3) is 3.83. The summed E-state index contributed by atoms with van der Waals surface area (Å²) in [5.74, 6) is 0. The SMILES string of the molecule is CCCN(C1(CN)CCCCC1)S(=O)(=O)NC(=O)OC. The van der Waals surface area contributed by atoms with Crippen molar-refractivity contribution in [2.24, 2.45) is 5.73 Å². The maximum Gasteiger partial charge on any atom is 0.421 e. The molecule has 0 bridgehead atoms. The Morgan fingerprint density at radius 2 is 1.95 bits per heavy atom. The van der Waals surface area contributed by atoms with Crippen molar-refractivity contribution in [1.29, 1.82) is 0 Å². The molecule has 8 heteroatoms. The van der Waals surface area contributed by atoms with E-state index in [0.29, 0.717) is 13.0 Å². The van der Waals surface area contributed by atoms with E-state index < -0.39 is 21.8 Å². The Hall–Kier alpha value is -0.860. The van der Waals surface area contributed by atoms with Crippen LogP contribution in [-0.2, 0) is 14.9 Å². The number of methoxy groups -OCH3 is 1. The number of hydrogen-bond donors (Lipinski definition) is 2. The normalized spacial score (nSPS) is 18.8. The summed E-state index contributed by atoms with van der Waals surface area (Å²) in [5, 5.41) is 0. The standard InChI is InChI=1S/C12H25N3O4S/c1-3-9-15(20(17,18)14-11(16)19-2)12(10-13)7-5-4-6-8-12/h3-10,13H2,1-2H3,(H,14,16). The number of ether oxygens (including phenoxy) is 1. The molecule has 0 saturated heterocycles. The fourth-order valence-corrected chi connectivity index (χ4v) is 4.38. The molecule has 3 N–H and O–H groups in total. The monoisotopic (exact) mass is 307 g/mol. The lowest BCUT2D eigenvalue weighted by Crippen LogP contribution is -2.60. The van der Waals surface area contributed by atoms with Crippen LogP contribution in [0.2, 0.25) is 0 Å². The molecule has 7 nitrogen and oxygen atoms in total. The summed E-state index contributed by atoms with van der Waals surface area (Å²) in [7, 11) is -2.80. The molecule has 0 aromatic heterocycles. The number of nitrogens with two attached hydrogens (primary N) is 1. The molecule has 1 aliphatic carbocycles. The molecule has 0 aromatic rings. The third-order valence-corrected chi connectivity index (χ3v) is 5.38. The largest absolute Gasteiger partial charge is 0.452 e. The first-order valence-electron chi connectivity index (χ1n) is 7.00. The van der Waals surface area contributed by atoms with Gasteiger partial charge in [-0.05, 0) is 19.3 Å². The van der Waals surface area contributed by atoms with Crippen molar-refractivity contribution < 1.29 is 17.9 Å². The van der Waals surface area contributed by atoms with Crippen molar-refractivity contribution >= 4 is 16.3 Å². The molecular weight excluding hydrogens is 282 g/mol. The number of hydrogen-bond acceptors (Lipinski definition) is 5. The van der Waals surface area contributed by atoms with E-state index in [0.717, 1.165) is 39.2 Å². The lowest BCUT2D eigenvalue weighted by molar-refractivity contribution is 0.132. The Balaban J connectivity index is 3.04. The molecule has 0 aromatic carbocycles. The minimum Gasteiger partial charge on any atom is -0.452 e. The number of nitrogens with zero attached hydrogens (tertiary/aromatic N) is 1. The molecule has 1 aliphatic rings. The molecule has 0 aliphatic heterocycles. The quantitative estimate of drug-likeness (QED) is 0.761. The number of amides is 1. The molecule has 0 atom stereocenters. The Kier molecular flexibility index (Phi) is 6.22. The summed E-state index contributed by atoms with van der Waals surface area (Å²) in [6, 6.07) is 0. The summed E-state index contributed by atoms with van der Waals surface area (Å²) >= 11 is 0. The topological polar surface area (TPSA) is 102 Å². The van der Waals surface area contributed by atoms with E-state index in [2.05, 4.69) is 4.74 Å². The molecule has 1 amide bonds. The van der Waals surface area contributed by atoms with Gasteiger partial charge in [-0.1, -0.05) is 26.2 Å². The van der Waals surface area contributed by atoms with Gasteiger partial charge in [0, 0.05) is 18.6 Å². The van der Waals surface area contributed by atoms with Crippen molar-refractivity contribution in [3.05, 3.63) is 0 Å². The van der Waals surface area contributed by atoms with E-state index in [1.165, 1.54) is 4.31 Å². The number of rotatable bonds is 6. The number of nitrogens with one attached hydrogen (secondary N) is 1. The van der Waals surface area contributed by atoms with E-state index in [1.54, 1.807) is 0 Å². The summed E-state index contributed by atoms with van der Waals surface area (Å²) in [5.41, 5.74) is 5.29. The van der Waals surface area contributed by atoms with Crippen LogP contribution in [0.25, 0.3) is 0 Å². The Morgan fingerprint density at radius 3 is 2.40 bits per heavy atom. The zero-order valence-corrected chi connectivity index (χ0v) is 13.0. The number of carbonyl (C=O) groups excluding carboxylic acids is 1. The van der Waals surface area contributed by atoms with E-state index in [1.807, 2.05) is 11.6 Å². The third-order valence-electron chi connectivity index (χ3n) is 3.81. The fourth-order valence-electron chi connectivity index (χ4n) is 2.78.